The van der Waals surface area contributed by atoms with Gasteiger partial charge in [-0.2, -0.15) is 0 Å². The fraction of sp³-hybridized carbons (Fsp3) is 0.500. The minimum absolute atomic E-state index is 0.0144. The molecular weight excluding hydrogens is 259 g/mol. The average molecular weight is 275 g/mol. The maximum atomic E-state index is 13.9. The zero-order chi connectivity index (χ0) is 14.1. The lowest BCUT2D eigenvalue weighted by Crippen LogP contribution is -2.40. The number of ether oxygens (including phenoxy) is 1. The molecule has 18 heavy (non-hydrogen) atoms. The molecule has 2 N–H and O–H groups in total. The lowest BCUT2D eigenvalue weighted by atomic mass is 9.83. The number of hydrogen-bond donors (Lipinski definition) is 1. The van der Waals surface area contributed by atoms with E-state index in [1.54, 1.807) is 0 Å². The van der Waals surface area contributed by atoms with E-state index < -0.39 is 17.1 Å². The molecule has 0 radical (unpaired) electrons. The number of aryl methyl sites for hydroxylation is 1. The van der Waals surface area contributed by atoms with Crippen LogP contribution in [0.4, 0.5) is 4.39 Å². The van der Waals surface area contributed by atoms with Crippen LogP contribution in [0.1, 0.15) is 32.0 Å². The molecule has 0 bridgehead atoms. The van der Waals surface area contributed by atoms with E-state index in [0.717, 1.165) is 0 Å². The molecule has 4 nitrogen and oxygen atoms in total. The summed E-state index contributed by atoms with van der Waals surface area (Å²) in [5.74, 6) is -1.11. The summed E-state index contributed by atoms with van der Waals surface area (Å²) in [6, 6.07) is 0. The lowest BCUT2D eigenvalue weighted by molar-refractivity contribution is -0.123. The summed E-state index contributed by atoms with van der Waals surface area (Å²) >= 11 is 5.82. The zero-order valence-corrected chi connectivity index (χ0v) is 11.6. The number of amides is 1. The summed E-state index contributed by atoms with van der Waals surface area (Å²) in [5.41, 5.74) is 4.32. The summed E-state index contributed by atoms with van der Waals surface area (Å²) in [6.07, 6.45) is 0. The average Bonchev–Trinajstić information content (AvgIpc) is 2.69. The maximum absolute atomic E-state index is 13.9. The zero-order valence-electron chi connectivity index (χ0n) is 10.8. The summed E-state index contributed by atoms with van der Waals surface area (Å²) < 4.78 is 19.1. The Bertz CT molecular complexity index is 493. The van der Waals surface area contributed by atoms with Crippen LogP contribution in [0, 0.1) is 12.7 Å². The Morgan fingerprint density at radius 1 is 1.56 bits per heavy atom. The van der Waals surface area contributed by atoms with Crippen molar-refractivity contribution in [3.05, 3.63) is 22.2 Å². The van der Waals surface area contributed by atoms with Gasteiger partial charge >= 0.3 is 0 Å². The SMILES string of the molecule is CC.Cc1nc(Cl)c2c(c1F)C(C)(C(N)=O)CO2. The van der Waals surface area contributed by atoms with Crippen LogP contribution in [0.2, 0.25) is 5.15 Å². The molecule has 0 saturated carbocycles. The van der Waals surface area contributed by atoms with Crippen molar-refractivity contribution in [3.8, 4) is 5.75 Å². The second kappa shape index (κ2) is 5.10. The van der Waals surface area contributed by atoms with Gasteiger partial charge in [0.25, 0.3) is 0 Å². The number of carbonyl (C=O) groups is 1. The van der Waals surface area contributed by atoms with Gasteiger partial charge in [-0.3, -0.25) is 4.79 Å². The van der Waals surface area contributed by atoms with Crippen LogP contribution in [0.15, 0.2) is 0 Å². The number of fused-ring (bicyclic) bond motifs is 1. The first-order chi connectivity index (χ1) is 8.38. The van der Waals surface area contributed by atoms with Crippen molar-refractivity contribution < 1.29 is 13.9 Å². The highest BCUT2D eigenvalue weighted by Gasteiger charge is 2.46. The standard InChI is InChI=1S/C10H10ClFN2O2.C2H6/c1-4-6(12)5-7(8(11)14-4)16-3-10(5,2)9(13)15;1-2/h3H2,1-2H3,(H2,13,15);1-2H3. The molecule has 0 fully saturated rings. The molecule has 1 aromatic heterocycles. The third kappa shape index (κ3) is 2.03. The fourth-order valence-corrected chi connectivity index (χ4v) is 2.01. The van der Waals surface area contributed by atoms with E-state index in [1.807, 2.05) is 13.8 Å². The van der Waals surface area contributed by atoms with Gasteiger partial charge in [0.2, 0.25) is 5.91 Å². The largest absolute Gasteiger partial charge is 0.488 e. The topological polar surface area (TPSA) is 65.2 Å². The third-order valence-corrected chi connectivity index (χ3v) is 3.07. The fourth-order valence-electron chi connectivity index (χ4n) is 1.74. The minimum Gasteiger partial charge on any atom is -0.488 e. The molecule has 1 aliphatic rings. The summed E-state index contributed by atoms with van der Waals surface area (Å²) in [6.45, 7) is 6.99. The van der Waals surface area contributed by atoms with Gasteiger partial charge in [0.05, 0.1) is 11.3 Å². The molecule has 6 heteroatoms. The molecule has 0 aromatic carbocycles. The van der Waals surface area contributed by atoms with Gasteiger partial charge in [0.15, 0.2) is 16.7 Å². The van der Waals surface area contributed by atoms with Crippen molar-refractivity contribution in [2.45, 2.75) is 33.1 Å². The summed E-state index contributed by atoms with van der Waals surface area (Å²) in [4.78, 5) is 15.2. The van der Waals surface area contributed by atoms with Crippen LogP contribution < -0.4 is 10.5 Å². The van der Waals surface area contributed by atoms with Gasteiger partial charge in [-0.25, -0.2) is 9.37 Å². The Labute approximate surface area is 110 Å². The van der Waals surface area contributed by atoms with E-state index in [4.69, 9.17) is 22.1 Å². The van der Waals surface area contributed by atoms with Crippen LogP contribution in [-0.2, 0) is 10.2 Å². The number of nitrogens with zero attached hydrogens (tertiary/aromatic N) is 1. The van der Waals surface area contributed by atoms with Crippen molar-refractivity contribution >= 4 is 17.5 Å². The van der Waals surface area contributed by atoms with E-state index in [0.29, 0.717) is 0 Å². The Morgan fingerprint density at radius 2 is 2.11 bits per heavy atom. The van der Waals surface area contributed by atoms with Crippen molar-refractivity contribution in [2.75, 3.05) is 6.61 Å². The van der Waals surface area contributed by atoms with Gasteiger partial charge in [-0.05, 0) is 13.8 Å². The quantitative estimate of drug-likeness (QED) is 0.800. The number of carbonyl (C=O) groups excluding carboxylic acids is 1. The highest BCUT2D eigenvalue weighted by atomic mass is 35.5. The molecule has 1 aliphatic heterocycles. The van der Waals surface area contributed by atoms with E-state index in [-0.39, 0.29) is 28.8 Å². The van der Waals surface area contributed by atoms with Gasteiger partial charge in [-0.15, -0.1) is 0 Å². The molecule has 0 aliphatic carbocycles. The molecule has 100 valence electrons. The van der Waals surface area contributed by atoms with Gasteiger partial charge in [0, 0.05) is 0 Å². The maximum Gasteiger partial charge on any atom is 0.231 e. The molecule has 1 unspecified atom stereocenters. The number of primary amides is 1. The molecule has 1 amide bonds. The minimum atomic E-state index is -1.18. The van der Waals surface area contributed by atoms with E-state index in [2.05, 4.69) is 4.98 Å². The Hall–Kier alpha value is -1.36. The normalized spacial score (nSPS) is 20.6. The van der Waals surface area contributed by atoms with Crippen LogP contribution in [0.3, 0.4) is 0 Å². The number of rotatable bonds is 1. The molecule has 0 saturated heterocycles. The van der Waals surface area contributed by atoms with Crippen LogP contribution >= 0.6 is 11.6 Å². The number of pyridine rings is 1. The monoisotopic (exact) mass is 274 g/mol. The van der Waals surface area contributed by atoms with Gasteiger partial charge in [-0.1, -0.05) is 25.4 Å². The highest BCUT2D eigenvalue weighted by Crippen LogP contribution is 2.44. The van der Waals surface area contributed by atoms with Crippen molar-refractivity contribution in [2.24, 2.45) is 5.73 Å². The van der Waals surface area contributed by atoms with Crippen LogP contribution in [0.5, 0.6) is 5.75 Å². The lowest BCUT2D eigenvalue weighted by Gasteiger charge is -2.18. The predicted molar refractivity (Wildman–Crippen MR) is 67.3 cm³/mol. The molecule has 0 spiro atoms. The highest BCUT2D eigenvalue weighted by molar-refractivity contribution is 6.31. The van der Waals surface area contributed by atoms with Crippen LogP contribution in [0.25, 0.3) is 0 Å². The molecule has 1 atom stereocenters. The third-order valence-electron chi connectivity index (χ3n) is 2.82. The van der Waals surface area contributed by atoms with E-state index >= 15 is 0 Å². The van der Waals surface area contributed by atoms with Gasteiger partial charge in [0.1, 0.15) is 12.0 Å². The number of aromatic nitrogens is 1. The number of nitrogens with two attached hydrogens (primary N) is 1. The Balaban J connectivity index is 0.000000771. The Kier molecular flexibility index (Phi) is 4.16. The second-order valence-corrected chi connectivity index (χ2v) is 4.35. The first-order valence-corrected chi connectivity index (χ1v) is 6.04. The van der Waals surface area contributed by atoms with Crippen molar-refractivity contribution in [1.29, 1.82) is 0 Å². The predicted octanol–water partition coefficient (Wildman–Crippen LogP) is 2.34. The van der Waals surface area contributed by atoms with E-state index in [1.165, 1.54) is 13.8 Å². The first kappa shape index (κ1) is 14.7. The second-order valence-electron chi connectivity index (χ2n) is 3.99. The van der Waals surface area contributed by atoms with E-state index in [9.17, 15) is 9.18 Å². The summed E-state index contributed by atoms with van der Waals surface area (Å²) in [7, 11) is 0. The summed E-state index contributed by atoms with van der Waals surface area (Å²) in [5, 5.41) is 0.0545. The van der Waals surface area contributed by atoms with Gasteiger partial charge < -0.3 is 10.5 Å². The Morgan fingerprint density at radius 3 is 2.61 bits per heavy atom. The molecule has 2 rings (SSSR count). The number of halogens is 2. The number of hydrogen-bond acceptors (Lipinski definition) is 3. The van der Waals surface area contributed by atoms with Crippen molar-refractivity contribution in [1.82, 2.24) is 4.98 Å². The van der Waals surface area contributed by atoms with Crippen LogP contribution in [-0.4, -0.2) is 17.5 Å². The first-order valence-electron chi connectivity index (χ1n) is 5.66. The van der Waals surface area contributed by atoms with Crippen molar-refractivity contribution in [3.63, 3.8) is 0 Å². The molecule has 2 heterocycles. The molecule has 1 aromatic rings. The molecular formula is C12H16ClFN2O2. The smallest absolute Gasteiger partial charge is 0.231 e.